The third-order valence-electron chi connectivity index (χ3n) is 2.84. The average molecular weight is 280 g/mol. The molecule has 0 aromatic heterocycles. The first-order valence-electron chi connectivity index (χ1n) is 7.48. The number of aryl methyl sites for hydroxylation is 1. The van der Waals surface area contributed by atoms with Crippen LogP contribution in [0.15, 0.2) is 24.3 Å². The van der Waals surface area contributed by atoms with Crippen molar-refractivity contribution < 1.29 is 14.3 Å². The monoisotopic (exact) mass is 280 g/mol. The Labute approximate surface area is 123 Å². The highest BCUT2D eigenvalue weighted by Crippen LogP contribution is 2.14. The Kier molecular flexibility index (Phi) is 10.5. The summed E-state index contributed by atoms with van der Waals surface area (Å²) in [7, 11) is 0. The molecule has 3 heteroatoms. The summed E-state index contributed by atoms with van der Waals surface area (Å²) in [5.74, 6) is 0.856. The van der Waals surface area contributed by atoms with Gasteiger partial charge in [-0.3, -0.25) is 4.79 Å². The molecule has 0 radical (unpaired) electrons. The molecule has 0 bridgehead atoms. The summed E-state index contributed by atoms with van der Waals surface area (Å²) in [4.78, 5) is 10.2. The topological polar surface area (TPSA) is 35.5 Å². The molecule has 0 aliphatic rings. The van der Waals surface area contributed by atoms with Crippen LogP contribution < -0.4 is 4.74 Å². The molecule has 0 spiro atoms. The molecule has 1 aromatic carbocycles. The molecule has 0 heterocycles. The van der Waals surface area contributed by atoms with E-state index >= 15 is 0 Å². The Morgan fingerprint density at radius 3 is 2.05 bits per heavy atom. The largest absolute Gasteiger partial charge is 0.491 e. The summed E-state index contributed by atoms with van der Waals surface area (Å²) < 4.78 is 10.2. The van der Waals surface area contributed by atoms with Crippen LogP contribution in [-0.4, -0.2) is 18.7 Å². The van der Waals surface area contributed by atoms with Gasteiger partial charge in [0.15, 0.2) is 0 Å². The van der Waals surface area contributed by atoms with Crippen molar-refractivity contribution in [2.45, 2.75) is 60.0 Å². The molecule has 0 N–H and O–H groups in total. The van der Waals surface area contributed by atoms with Gasteiger partial charge in [-0.25, -0.2) is 0 Å². The van der Waals surface area contributed by atoms with Gasteiger partial charge in [0.1, 0.15) is 5.75 Å². The molecule has 114 valence electrons. The molecule has 0 aliphatic heterocycles. The molecule has 0 saturated carbocycles. The fraction of sp³-hybridized carbons (Fsp3) is 0.588. The lowest BCUT2D eigenvalue weighted by Crippen LogP contribution is -2.09. The Morgan fingerprint density at radius 1 is 1.10 bits per heavy atom. The van der Waals surface area contributed by atoms with Gasteiger partial charge in [0.25, 0.3) is 0 Å². The van der Waals surface area contributed by atoms with E-state index in [-0.39, 0.29) is 5.97 Å². The zero-order valence-electron chi connectivity index (χ0n) is 13.4. The van der Waals surface area contributed by atoms with Gasteiger partial charge in [-0.2, -0.15) is 0 Å². The molecule has 20 heavy (non-hydrogen) atoms. The number of carbonyl (C=O) groups is 1. The van der Waals surface area contributed by atoms with Crippen LogP contribution >= 0.6 is 0 Å². The minimum atomic E-state index is -0.123. The average Bonchev–Trinajstić information content (AvgIpc) is 2.48. The number of benzene rings is 1. The third kappa shape index (κ3) is 8.57. The second kappa shape index (κ2) is 11.3. The van der Waals surface area contributed by atoms with E-state index in [0.29, 0.717) is 19.1 Å². The summed E-state index contributed by atoms with van der Waals surface area (Å²) in [5.41, 5.74) is 1.36. The number of ether oxygens (including phenoxy) is 2. The van der Waals surface area contributed by atoms with Crippen molar-refractivity contribution in [1.82, 2.24) is 0 Å². The summed E-state index contributed by atoms with van der Waals surface area (Å²) in [6, 6.07) is 8.34. The van der Waals surface area contributed by atoms with Gasteiger partial charge in [-0.05, 0) is 44.4 Å². The minimum Gasteiger partial charge on any atom is -0.491 e. The molecule has 1 atom stereocenters. The van der Waals surface area contributed by atoms with Crippen molar-refractivity contribution >= 4 is 5.97 Å². The third-order valence-corrected chi connectivity index (χ3v) is 2.84. The van der Waals surface area contributed by atoms with Crippen LogP contribution in [0.1, 0.15) is 53.0 Å². The molecule has 3 nitrogen and oxygen atoms in total. The first-order chi connectivity index (χ1) is 9.57. The van der Waals surface area contributed by atoms with Gasteiger partial charge in [0, 0.05) is 6.42 Å². The molecule has 1 unspecified atom stereocenters. The molecule has 0 amide bonds. The molecule has 0 fully saturated rings. The van der Waals surface area contributed by atoms with E-state index in [1.807, 2.05) is 12.1 Å². The van der Waals surface area contributed by atoms with Gasteiger partial charge in [-0.1, -0.05) is 32.9 Å². The van der Waals surface area contributed by atoms with Gasteiger partial charge >= 0.3 is 5.97 Å². The van der Waals surface area contributed by atoms with Crippen molar-refractivity contribution in [3.63, 3.8) is 0 Å². The normalized spacial score (nSPS) is 11.1. The second-order valence-corrected chi connectivity index (χ2v) is 4.49. The fourth-order valence-corrected chi connectivity index (χ4v) is 1.38. The van der Waals surface area contributed by atoms with Crippen molar-refractivity contribution in [3.8, 4) is 5.75 Å². The zero-order valence-corrected chi connectivity index (χ0v) is 13.4. The number of esters is 1. The summed E-state index contributed by atoms with van der Waals surface area (Å²) >= 11 is 0. The van der Waals surface area contributed by atoms with E-state index in [9.17, 15) is 4.79 Å². The van der Waals surface area contributed by atoms with Crippen LogP contribution in [0, 0.1) is 0 Å². The van der Waals surface area contributed by atoms with Crippen molar-refractivity contribution in [2.24, 2.45) is 0 Å². The maximum absolute atomic E-state index is 10.2. The lowest BCUT2D eigenvalue weighted by Gasteiger charge is -2.12. The van der Waals surface area contributed by atoms with Gasteiger partial charge < -0.3 is 9.47 Å². The maximum Gasteiger partial charge on any atom is 0.305 e. The number of hydrogen-bond donors (Lipinski definition) is 0. The van der Waals surface area contributed by atoms with E-state index in [1.54, 1.807) is 13.8 Å². The molecule has 0 saturated heterocycles. The van der Waals surface area contributed by atoms with E-state index in [0.717, 1.165) is 18.6 Å². The van der Waals surface area contributed by atoms with E-state index in [4.69, 9.17) is 4.74 Å². The fourth-order valence-electron chi connectivity index (χ4n) is 1.38. The number of hydrogen-bond acceptors (Lipinski definition) is 3. The highest BCUT2D eigenvalue weighted by Gasteiger charge is 1.99. The van der Waals surface area contributed by atoms with E-state index in [1.165, 1.54) is 5.56 Å². The molecule has 0 aliphatic carbocycles. The van der Waals surface area contributed by atoms with E-state index < -0.39 is 0 Å². The van der Waals surface area contributed by atoms with Crippen LogP contribution in [0.4, 0.5) is 0 Å². The Morgan fingerprint density at radius 2 is 1.70 bits per heavy atom. The van der Waals surface area contributed by atoms with Gasteiger partial charge in [-0.15, -0.1) is 0 Å². The maximum atomic E-state index is 10.2. The van der Waals surface area contributed by atoms with Crippen LogP contribution in [0.3, 0.4) is 0 Å². The Balaban J connectivity index is 0.000000441. The first kappa shape index (κ1) is 18.5. The summed E-state index contributed by atoms with van der Waals surface area (Å²) in [5, 5.41) is 0. The van der Waals surface area contributed by atoms with E-state index in [2.05, 4.69) is 37.6 Å². The van der Waals surface area contributed by atoms with Gasteiger partial charge in [0.2, 0.25) is 0 Å². The first-order valence-corrected chi connectivity index (χ1v) is 7.48. The van der Waals surface area contributed by atoms with Crippen LogP contribution in [0.25, 0.3) is 0 Å². The summed E-state index contributed by atoms with van der Waals surface area (Å²) in [6.07, 6.45) is 2.93. The quantitative estimate of drug-likeness (QED) is 0.725. The minimum absolute atomic E-state index is 0.123. The lowest BCUT2D eigenvalue weighted by molar-refractivity contribution is -0.142. The standard InChI is InChI=1S/C12H18O.C5H10O2/c1-4-10(3)13-12-8-6-11(5-2)7-9-12;1-3-5(6)7-4-2/h6-10H,4-5H2,1-3H3;3-4H2,1-2H3. The molecular formula is C17H28O3. The van der Waals surface area contributed by atoms with Crippen LogP contribution in [0.2, 0.25) is 0 Å². The van der Waals surface area contributed by atoms with Gasteiger partial charge in [0.05, 0.1) is 12.7 Å². The highest BCUT2D eigenvalue weighted by atomic mass is 16.5. The number of rotatable bonds is 6. The predicted octanol–water partition coefficient (Wildman–Crippen LogP) is 4.39. The Bertz CT molecular complexity index is 357. The molecule has 1 aromatic rings. The highest BCUT2D eigenvalue weighted by molar-refractivity contribution is 5.68. The Hall–Kier alpha value is -1.51. The SMILES string of the molecule is CCOC(=O)CC.CCc1ccc(OC(C)CC)cc1. The van der Waals surface area contributed by atoms with Crippen LogP contribution in [0.5, 0.6) is 5.75 Å². The smallest absolute Gasteiger partial charge is 0.305 e. The number of carbonyl (C=O) groups excluding carboxylic acids is 1. The van der Waals surface area contributed by atoms with Crippen molar-refractivity contribution in [3.05, 3.63) is 29.8 Å². The zero-order chi connectivity index (χ0) is 15.4. The van der Waals surface area contributed by atoms with Crippen molar-refractivity contribution in [2.75, 3.05) is 6.61 Å². The lowest BCUT2D eigenvalue weighted by atomic mass is 10.2. The molecule has 1 rings (SSSR count). The molecular weight excluding hydrogens is 252 g/mol. The van der Waals surface area contributed by atoms with Crippen molar-refractivity contribution in [1.29, 1.82) is 0 Å². The second-order valence-electron chi connectivity index (χ2n) is 4.49. The predicted molar refractivity (Wildman–Crippen MR) is 83.1 cm³/mol. The summed E-state index contributed by atoms with van der Waals surface area (Å²) in [6.45, 7) is 10.4. The van der Waals surface area contributed by atoms with Crippen LogP contribution in [-0.2, 0) is 16.0 Å².